The second-order valence-corrected chi connectivity index (χ2v) is 7.72. The zero-order valence-electron chi connectivity index (χ0n) is 11.4. The van der Waals surface area contributed by atoms with Crippen LogP contribution in [-0.2, 0) is 17.1 Å². The number of aromatic nitrogens is 2. The molecule has 1 N–H and O–H groups in total. The summed E-state index contributed by atoms with van der Waals surface area (Å²) >= 11 is 5.93. The average Bonchev–Trinajstić information content (AvgIpc) is 3.05. The number of hydrogen-bond donors (Lipinski definition) is 1. The monoisotopic (exact) mass is 318 g/mol. The minimum atomic E-state index is -3.61. The Morgan fingerprint density at radius 3 is 2.80 bits per heavy atom. The van der Waals surface area contributed by atoms with Gasteiger partial charge < -0.3 is 9.47 Å². The Kier molecular flexibility index (Phi) is 3.79. The fraction of sp³-hybridized carbons (Fsp3) is 0.750. The Hall–Kier alpha value is -0.630. The van der Waals surface area contributed by atoms with E-state index < -0.39 is 10.0 Å². The second-order valence-electron chi connectivity index (χ2n) is 5.68. The summed E-state index contributed by atoms with van der Waals surface area (Å²) in [6.45, 7) is 2.53. The van der Waals surface area contributed by atoms with E-state index in [2.05, 4.69) is 14.6 Å². The largest absolute Gasteiger partial charge is 0.324 e. The van der Waals surface area contributed by atoms with Gasteiger partial charge >= 0.3 is 0 Å². The van der Waals surface area contributed by atoms with Crippen molar-refractivity contribution in [3.63, 3.8) is 0 Å². The number of aryl methyl sites for hydroxylation is 1. The highest BCUT2D eigenvalue weighted by molar-refractivity contribution is 7.89. The molecule has 0 spiro atoms. The lowest BCUT2D eigenvalue weighted by Gasteiger charge is -2.15. The maximum absolute atomic E-state index is 12.2. The third-order valence-electron chi connectivity index (χ3n) is 4.03. The molecule has 1 saturated carbocycles. The molecule has 0 radical (unpaired) electrons. The highest BCUT2D eigenvalue weighted by Gasteiger charge is 2.34. The lowest BCUT2D eigenvalue weighted by Crippen LogP contribution is -2.31. The summed E-state index contributed by atoms with van der Waals surface area (Å²) in [5, 5.41) is 0.0576. The normalized spacial score (nSPS) is 24.4. The average molecular weight is 319 g/mol. The first-order chi connectivity index (χ1) is 9.47. The molecule has 1 unspecified atom stereocenters. The van der Waals surface area contributed by atoms with Crippen LogP contribution in [0, 0.1) is 5.92 Å². The number of imidazole rings is 1. The van der Waals surface area contributed by atoms with Gasteiger partial charge in [-0.2, -0.15) is 0 Å². The molecule has 2 heterocycles. The Balaban J connectivity index is 1.59. The van der Waals surface area contributed by atoms with E-state index in [0.717, 1.165) is 25.6 Å². The summed E-state index contributed by atoms with van der Waals surface area (Å²) in [7, 11) is -1.95. The van der Waals surface area contributed by atoms with Crippen molar-refractivity contribution in [1.82, 2.24) is 19.2 Å². The molecule has 1 aromatic rings. The summed E-state index contributed by atoms with van der Waals surface area (Å²) in [6, 6.07) is 0.752. The van der Waals surface area contributed by atoms with E-state index in [-0.39, 0.29) is 10.2 Å². The number of likely N-dealkylation sites (tertiary alicyclic amines) is 1. The molecular weight excluding hydrogens is 300 g/mol. The van der Waals surface area contributed by atoms with Crippen LogP contribution < -0.4 is 4.72 Å². The van der Waals surface area contributed by atoms with Gasteiger partial charge in [-0.3, -0.25) is 0 Å². The molecule has 20 heavy (non-hydrogen) atoms. The number of rotatable bonds is 5. The molecule has 6 nitrogen and oxygen atoms in total. The highest BCUT2D eigenvalue weighted by atomic mass is 35.5. The first kappa shape index (κ1) is 14.3. The molecule has 1 aromatic heterocycles. The summed E-state index contributed by atoms with van der Waals surface area (Å²) in [4.78, 5) is 6.32. The summed E-state index contributed by atoms with van der Waals surface area (Å²) < 4.78 is 28.5. The van der Waals surface area contributed by atoms with Gasteiger partial charge in [0.05, 0.1) is 6.33 Å². The standard InChI is InChI=1S/C12H19ClN4O2S/c1-16-8-14-12(11(16)13)20(18,19)15-6-9-4-5-17(7-9)10-2-3-10/h8-10,15H,2-7H2,1H3. The Morgan fingerprint density at radius 2 is 2.20 bits per heavy atom. The minimum absolute atomic E-state index is 0.0845. The van der Waals surface area contributed by atoms with Gasteiger partial charge in [-0.15, -0.1) is 0 Å². The summed E-state index contributed by atoms with van der Waals surface area (Å²) in [6.07, 6.45) is 5.04. The first-order valence-electron chi connectivity index (χ1n) is 6.88. The number of hydrogen-bond acceptors (Lipinski definition) is 4. The summed E-state index contributed by atoms with van der Waals surface area (Å²) in [5.74, 6) is 0.382. The van der Waals surface area contributed by atoms with Crippen LogP contribution in [-0.4, -0.2) is 48.5 Å². The predicted molar refractivity (Wildman–Crippen MR) is 76.1 cm³/mol. The van der Waals surface area contributed by atoms with Crippen LogP contribution in [0.25, 0.3) is 0 Å². The van der Waals surface area contributed by atoms with Gasteiger partial charge in [0.2, 0.25) is 5.03 Å². The van der Waals surface area contributed by atoms with Crippen LogP contribution in [0.5, 0.6) is 0 Å². The maximum Gasteiger partial charge on any atom is 0.261 e. The quantitative estimate of drug-likeness (QED) is 0.873. The van der Waals surface area contributed by atoms with Crippen molar-refractivity contribution in [3.05, 3.63) is 11.5 Å². The lowest BCUT2D eigenvalue weighted by molar-refractivity contribution is 0.314. The van der Waals surface area contributed by atoms with Crippen LogP contribution in [0.15, 0.2) is 11.4 Å². The van der Waals surface area contributed by atoms with Crippen LogP contribution >= 0.6 is 11.6 Å². The molecule has 8 heteroatoms. The zero-order valence-corrected chi connectivity index (χ0v) is 13.0. The number of halogens is 1. The Labute approximate surface area is 124 Å². The van der Waals surface area contributed by atoms with E-state index in [1.54, 1.807) is 7.05 Å². The smallest absolute Gasteiger partial charge is 0.261 e. The number of nitrogens with zero attached hydrogens (tertiary/aromatic N) is 3. The van der Waals surface area contributed by atoms with Crippen molar-refractivity contribution in [3.8, 4) is 0 Å². The molecule has 2 aliphatic rings. The van der Waals surface area contributed by atoms with Crippen LogP contribution in [0.1, 0.15) is 19.3 Å². The van der Waals surface area contributed by atoms with E-state index in [4.69, 9.17) is 11.6 Å². The Morgan fingerprint density at radius 1 is 1.45 bits per heavy atom. The Bertz CT molecular complexity index is 597. The van der Waals surface area contributed by atoms with Crippen molar-refractivity contribution in [2.45, 2.75) is 30.3 Å². The molecule has 0 bridgehead atoms. The van der Waals surface area contributed by atoms with Crippen molar-refractivity contribution in [1.29, 1.82) is 0 Å². The van der Waals surface area contributed by atoms with E-state index in [0.29, 0.717) is 12.5 Å². The molecule has 112 valence electrons. The molecular formula is C12H19ClN4O2S. The fourth-order valence-corrected chi connectivity index (χ4v) is 4.21. The maximum atomic E-state index is 12.2. The lowest BCUT2D eigenvalue weighted by atomic mass is 10.1. The molecule has 1 saturated heterocycles. The van der Waals surface area contributed by atoms with Gasteiger partial charge in [0.1, 0.15) is 5.15 Å². The second kappa shape index (κ2) is 5.29. The van der Waals surface area contributed by atoms with Gasteiger partial charge in [0.15, 0.2) is 0 Å². The number of sulfonamides is 1. The fourth-order valence-electron chi connectivity index (χ4n) is 2.67. The third-order valence-corrected chi connectivity index (χ3v) is 5.94. The van der Waals surface area contributed by atoms with E-state index in [9.17, 15) is 8.42 Å². The van der Waals surface area contributed by atoms with E-state index in [1.807, 2.05) is 0 Å². The van der Waals surface area contributed by atoms with Crippen LogP contribution in [0.3, 0.4) is 0 Å². The van der Waals surface area contributed by atoms with Crippen molar-refractivity contribution in [2.75, 3.05) is 19.6 Å². The zero-order chi connectivity index (χ0) is 14.3. The van der Waals surface area contributed by atoms with Crippen molar-refractivity contribution < 1.29 is 8.42 Å². The van der Waals surface area contributed by atoms with Gasteiger partial charge in [-0.1, -0.05) is 11.6 Å². The minimum Gasteiger partial charge on any atom is -0.324 e. The van der Waals surface area contributed by atoms with Gasteiger partial charge in [0, 0.05) is 26.2 Å². The van der Waals surface area contributed by atoms with Gasteiger partial charge in [0.25, 0.3) is 10.0 Å². The summed E-state index contributed by atoms with van der Waals surface area (Å²) in [5.41, 5.74) is 0. The third kappa shape index (κ3) is 2.86. The molecule has 0 amide bonds. The highest BCUT2D eigenvalue weighted by Crippen LogP contribution is 2.31. The molecule has 0 aromatic carbocycles. The van der Waals surface area contributed by atoms with Crippen molar-refractivity contribution >= 4 is 21.6 Å². The predicted octanol–water partition coefficient (Wildman–Crippen LogP) is 0.836. The topological polar surface area (TPSA) is 67.2 Å². The van der Waals surface area contributed by atoms with Gasteiger partial charge in [-0.25, -0.2) is 18.1 Å². The van der Waals surface area contributed by atoms with Crippen LogP contribution in [0.2, 0.25) is 5.15 Å². The van der Waals surface area contributed by atoms with E-state index in [1.165, 1.54) is 23.7 Å². The molecule has 1 aliphatic heterocycles. The number of nitrogens with one attached hydrogen (secondary N) is 1. The molecule has 2 fully saturated rings. The molecule has 3 rings (SSSR count). The SMILES string of the molecule is Cn1cnc(S(=O)(=O)NCC2CCN(C3CC3)C2)c1Cl. The van der Waals surface area contributed by atoms with Crippen LogP contribution in [0.4, 0.5) is 0 Å². The molecule has 1 aliphatic carbocycles. The van der Waals surface area contributed by atoms with Gasteiger partial charge in [-0.05, 0) is 31.7 Å². The van der Waals surface area contributed by atoms with Crippen molar-refractivity contribution in [2.24, 2.45) is 13.0 Å². The van der Waals surface area contributed by atoms with E-state index >= 15 is 0 Å². The molecule has 1 atom stereocenters. The first-order valence-corrected chi connectivity index (χ1v) is 8.74.